The Morgan fingerprint density at radius 3 is 2.86 bits per heavy atom. The smallest absolute Gasteiger partial charge is 0.174 e. The summed E-state index contributed by atoms with van der Waals surface area (Å²) in [5.41, 5.74) is 0.781. The van der Waals surface area contributed by atoms with Gasteiger partial charge in [0.25, 0.3) is 0 Å². The molecule has 0 aliphatic rings. The van der Waals surface area contributed by atoms with Crippen molar-refractivity contribution in [2.75, 3.05) is 0 Å². The second-order valence-electron chi connectivity index (χ2n) is 3.33. The lowest BCUT2D eigenvalue weighted by molar-refractivity contribution is 0.781. The molecule has 0 N–H and O–H groups in total. The highest BCUT2D eigenvalue weighted by Crippen LogP contribution is 2.21. The van der Waals surface area contributed by atoms with Gasteiger partial charge in [-0.15, -0.1) is 11.3 Å². The minimum Gasteiger partial charge on any atom is -0.239 e. The van der Waals surface area contributed by atoms with Crippen LogP contribution in [0.2, 0.25) is 0 Å². The van der Waals surface area contributed by atoms with Crippen LogP contribution in [0.4, 0.5) is 0 Å². The monoisotopic (exact) mass is 205 g/mol. The summed E-state index contributed by atoms with van der Waals surface area (Å²) in [5.74, 6) is 1.19. The molecular formula is C10H11N3S. The lowest BCUT2D eigenvalue weighted by atomic mass is 10.2. The Hall–Kier alpha value is -1.29. The summed E-state index contributed by atoms with van der Waals surface area (Å²) >= 11 is 1.56. The maximum Gasteiger partial charge on any atom is 0.174 e. The zero-order valence-electron chi connectivity index (χ0n) is 8.19. The Kier molecular flexibility index (Phi) is 2.29. The average Bonchev–Trinajstić information content (AvgIpc) is 2.58. The van der Waals surface area contributed by atoms with E-state index in [2.05, 4.69) is 35.4 Å². The van der Waals surface area contributed by atoms with Crippen molar-refractivity contribution >= 4 is 27.8 Å². The Balaban J connectivity index is 2.59. The Morgan fingerprint density at radius 1 is 1.43 bits per heavy atom. The third-order valence-corrected chi connectivity index (χ3v) is 2.85. The highest BCUT2D eigenvalue weighted by molar-refractivity contribution is 7.19. The first-order valence-electron chi connectivity index (χ1n) is 4.46. The summed E-state index contributed by atoms with van der Waals surface area (Å²) in [6.07, 6.45) is 3.57. The molecule has 0 atom stereocenters. The van der Waals surface area contributed by atoms with E-state index in [4.69, 9.17) is 0 Å². The lowest BCUT2D eigenvalue weighted by Gasteiger charge is -2.00. The summed E-state index contributed by atoms with van der Waals surface area (Å²) in [5, 5.41) is 0.898. The molecular weight excluding hydrogens is 194 g/mol. The van der Waals surface area contributed by atoms with Crippen LogP contribution in [0.25, 0.3) is 16.4 Å². The molecule has 2 aromatic heterocycles. The van der Waals surface area contributed by atoms with Gasteiger partial charge >= 0.3 is 0 Å². The number of aromatic nitrogens is 3. The molecule has 0 unspecified atom stereocenters. The van der Waals surface area contributed by atoms with Crippen molar-refractivity contribution in [3.63, 3.8) is 0 Å². The van der Waals surface area contributed by atoms with Gasteiger partial charge in [-0.05, 0) is 6.08 Å². The van der Waals surface area contributed by atoms with Crippen LogP contribution in [0.15, 0.2) is 12.8 Å². The summed E-state index contributed by atoms with van der Waals surface area (Å²) in [4.78, 5) is 13.0. The number of rotatable bonds is 2. The van der Waals surface area contributed by atoms with Gasteiger partial charge in [-0.3, -0.25) is 0 Å². The molecule has 0 aliphatic carbocycles. The van der Waals surface area contributed by atoms with Crippen molar-refractivity contribution in [1.29, 1.82) is 0 Å². The maximum atomic E-state index is 4.38. The molecule has 0 radical (unpaired) electrons. The van der Waals surface area contributed by atoms with Gasteiger partial charge in [0.05, 0.1) is 10.9 Å². The number of nitrogens with zero attached hydrogens (tertiary/aromatic N) is 3. The quantitative estimate of drug-likeness (QED) is 0.756. The topological polar surface area (TPSA) is 38.7 Å². The summed E-state index contributed by atoms with van der Waals surface area (Å²) in [6, 6.07) is 0. The van der Waals surface area contributed by atoms with E-state index in [-0.39, 0.29) is 0 Å². The van der Waals surface area contributed by atoms with E-state index in [1.807, 2.05) is 6.20 Å². The second kappa shape index (κ2) is 3.46. The first-order valence-corrected chi connectivity index (χ1v) is 5.28. The lowest BCUT2D eigenvalue weighted by Crippen LogP contribution is -1.96. The minimum atomic E-state index is 0.341. The van der Waals surface area contributed by atoms with Crippen LogP contribution in [0.1, 0.15) is 30.6 Å². The van der Waals surface area contributed by atoms with E-state index in [1.54, 1.807) is 17.4 Å². The van der Waals surface area contributed by atoms with Gasteiger partial charge < -0.3 is 0 Å². The van der Waals surface area contributed by atoms with Crippen molar-refractivity contribution < 1.29 is 0 Å². The van der Waals surface area contributed by atoms with Crippen molar-refractivity contribution in [3.8, 4) is 0 Å². The van der Waals surface area contributed by atoms with Crippen LogP contribution < -0.4 is 0 Å². The molecule has 0 saturated carbocycles. The predicted octanol–water partition coefficient (Wildman–Crippen LogP) is 2.85. The zero-order chi connectivity index (χ0) is 10.1. The van der Waals surface area contributed by atoms with Crippen LogP contribution >= 0.6 is 11.3 Å². The molecule has 72 valence electrons. The first-order chi connectivity index (χ1) is 6.70. The van der Waals surface area contributed by atoms with Crippen molar-refractivity contribution in [3.05, 3.63) is 23.6 Å². The summed E-state index contributed by atoms with van der Waals surface area (Å²) in [6.45, 7) is 7.83. The van der Waals surface area contributed by atoms with E-state index in [0.717, 1.165) is 21.2 Å². The van der Waals surface area contributed by atoms with E-state index >= 15 is 0 Å². The van der Waals surface area contributed by atoms with Gasteiger partial charge in [-0.25, -0.2) is 15.0 Å². The van der Waals surface area contributed by atoms with Crippen LogP contribution in [0.5, 0.6) is 0 Å². The highest BCUT2D eigenvalue weighted by Gasteiger charge is 2.07. The Labute approximate surface area is 86.5 Å². The molecule has 0 saturated heterocycles. The molecule has 4 heteroatoms. The van der Waals surface area contributed by atoms with Gasteiger partial charge in [0.15, 0.2) is 5.65 Å². The Morgan fingerprint density at radius 2 is 2.21 bits per heavy atom. The fourth-order valence-corrected chi connectivity index (χ4v) is 1.86. The first kappa shape index (κ1) is 9.27. The van der Waals surface area contributed by atoms with Crippen molar-refractivity contribution in [1.82, 2.24) is 15.0 Å². The van der Waals surface area contributed by atoms with Gasteiger partial charge in [0, 0.05) is 5.92 Å². The molecule has 0 aliphatic heterocycles. The second-order valence-corrected chi connectivity index (χ2v) is 4.39. The molecule has 0 spiro atoms. The van der Waals surface area contributed by atoms with Crippen molar-refractivity contribution in [2.24, 2.45) is 0 Å². The van der Waals surface area contributed by atoms with Gasteiger partial charge in [0.1, 0.15) is 10.8 Å². The molecule has 0 fully saturated rings. The van der Waals surface area contributed by atoms with E-state index in [1.165, 1.54) is 0 Å². The third kappa shape index (κ3) is 1.53. The fraction of sp³-hybridized carbons (Fsp3) is 0.300. The van der Waals surface area contributed by atoms with Crippen LogP contribution in [0, 0.1) is 0 Å². The summed E-state index contributed by atoms with van der Waals surface area (Å²) in [7, 11) is 0. The maximum absolute atomic E-state index is 4.38. The van der Waals surface area contributed by atoms with Gasteiger partial charge in [-0.1, -0.05) is 20.4 Å². The van der Waals surface area contributed by atoms with Crippen LogP contribution in [-0.4, -0.2) is 15.0 Å². The van der Waals surface area contributed by atoms with Crippen LogP contribution in [-0.2, 0) is 0 Å². The average molecular weight is 205 g/mol. The largest absolute Gasteiger partial charge is 0.239 e. The highest BCUT2D eigenvalue weighted by atomic mass is 32.1. The normalized spacial score (nSPS) is 11.1. The van der Waals surface area contributed by atoms with E-state index < -0.39 is 0 Å². The van der Waals surface area contributed by atoms with E-state index in [9.17, 15) is 0 Å². The molecule has 2 heterocycles. The molecule has 2 aromatic rings. The van der Waals surface area contributed by atoms with Gasteiger partial charge in [-0.2, -0.15) is 0 Å². The minimum absolute atomic E-state index is 0.341. The number of thiazole rings is 1. The number of fused-ring (bicyclic) bond motifs is 1. The molecule has 0 amide bonds. The third-order valence-electron chi connectivity index (χ3n) is 1.88. The number of hydrogen-bond donors (Lipinski definition) is 0. The summed E-state index contributed by atoms with van der Waals surface area (Å²) < 4.78 is 1.02. The predicted molar refractivity (Wildman–Crippen MR) is 59.4 cm³/mol. The SMILES string of the molecule is C=Cc1nc2nc(C(C)C)ncc2s1. The standard InChI is InChI=1S/C10H11N3S/c1-4-8-12-10-7(14-8)5-11-9(13-10)6(2)3/h4-6H,1H2,2-3H3. The molecule has 2 rings (SSSR count). The molecule has 14 heavy (non-hydrogen) atoms. The van der Waals surface area contributed by atoms with Crippen LogP contribution in [0.3, 0.4) is 0 Å². The molecule has 0 aromatic carbocycles. The number of hydrogen-bond acceptors (Lipinski definition) is 4. The van der Waals surface area contributed by atoms with E-state index in [0.29, 0.717) is 5.92 Å². The fourth-order valence-electron chi connectivity index (χ4n) is 1.13. The van der Waals surface area contributed by atoms with Crippen molar-refractivity contribution in [2.45, 2.75) is 19.8 Å². The zero-order valence-corrected chi connectivity index (χ0v) is 9.01. The Bertz CT molecular complexity index is 473. The molecule has 3 nitrogen and oxygen atoms in total. The molecule has 0 bridgehead atoms. The van der Waals surface area contributed by atoms with Gasteiger partial charge in [0.2, 0.25) is 0 Å².